The molecule has 2 unspecified atom stereocenters. The minimum Gasteiger partial charge on any atom is -0.464 e. The molecule has 9 heteroatoms. The SMILES string of the molecule is COC(=O)c1[nH]ncc1C(O)C(O)CNC(=O)OCC1c2ccccc2-c2ccccc21. The average Bonchev–Trinajstić information content (AvgIpc) is 3.43. The molecule has 1 amide bonds. The number of hydrogen-bond acceptors (Lipinski definition) is 7. The summed E-state index contributed by atoms with van der Waals surface area (Å²) in [6.45, 7) is -0.156. The van der Waals surface area contributed by atoms with E-state index in [1.165, 1.54) is 13.3 Å². The lowest BCUT2D eigenvalue weighted by Gasteiger charge is -2.19. The molecule has 1 aromatic heterocycles. The third kappa shape index (κ3) is 4.08. The van der Waals surface area contributed by atoms with E-state index in [0.29, 0.717) is 0 Å². The molecular formula is C23H23N3O6. The van der Waals surface area contributed by atoms with Crippen LogP contribution in [0.15, 0.2) is 54.7 Å². The minimum atomic E-state index is -1.46. The summed E-state index contributed by atoms with van der Waals surface area (Å²) in [6, 6.07) is 16.0. The largest absolute Gasteiger partial charge is 0.464 e. The summed E-state index contributed by atoms with van der Waals surface area (Å²) in [6.07, 6.45) is -2.36. The summed E-state index contributed by atoms with van der Waals surface area (Å²) in [5.74, 6) is -0.814. The monoisotopic (exact) mass is 437 g/mol. The van der Waals surface area contributed by atoms with Gasteiger partial charge in [0, 0.05) is 18.0 Å². The molecule has 166 valence electrons. The second-order valence-electron chi connectivity index (χ2n) is 7.41. The number of fused-ring (bicyclic) bond motifs is 3. The molecule has 0 saturated heterocycles. The Morgan fingerprint density at radius 2 is 1.72 bits per heavy atom. The summed E-state index contributed by atoms with van der Waals surface area (Å²) in [5.41, 5.74) is 4.42. The molecule has 0 spiro atoms. The van der Waals surface area contributed by atoms with Gasteiger partial charge in [0.05, 0.1) is 13.3 Å². The van der Waals surface area contributed by atoms with Gasteiger partial charge in [0.25, 0.3) is 0 Å². The highest BCUT2D eigenvalue weighted by Crippen LogP contribution is 2.44. The maximum Gasteiger partial charge on any atom is 0.407 e. The van der Waals surface area contributed by atoms with Crippen molar-refractivity contribution in [2.45, 2.75) is 18.1 Å². The zero-order chi connectivity index (χ0) is 22.7. The van der Waals surface area contributed by atoms with E-state index >= 15 is 0 Å². The molecule has 4 N–H and O–H groups in total. The number of hydrogen-bond donors (Lipinski definition) is 4. The van der Waals surface area contributed by atoms with E-state index in [2.05, 4.69) is 20.3 Å². The zero-order valence-electron chi connectivity index (χ0n) is 17.3. The first-order chi connectivity index (χ1) is 15.5. The summed E-state index contributed by atoms with van der Waals surface area (Å²) in [4.78, 5) is 23.9. The number of nitrogens with zero attached hydrogens (tertiary/aromatic N) is 1. The summed E-state index contributed by atoms with van der Waals surface area (Å²) < 4.78 is 10.0. The third-order valence-corrected chi connectivity index (χ3v) is 5.54. The lowest BCUT2D eigenvalue weighted by Crippen LogP contribution is -2.36. The predicted octanol–water partition coefficient (Wildman–Crippen LogP) is 2.13. The molecule has 0 radical (unpaired) electrons. The molecule has 4 rings (SSSR count). The van der Waals surface area contributed by atoms with Crippen molar-refractivity contribution in [2.24, 2.45) is 0 Å². The highest BCUT2D eigenvalue weighted by Gasteiger charge is 2.30. The van der Waals surface area contributed by atoms with Crippen molar-refractivity contribution in [1.82, 2.24) is 15.5 Å². The number of aliphatic hydroxyl groups excluding tert-OH is 2. The van der Waals surface area contributed by atoms with Crippen LogP contribution in [-0.2, 0) is 9.47 Å². The van der Waals surface area contributed by atoms with Crippen LogP contribution in [0.4, 0.5) is 4.79 Å². The molecule has 0 aliphatic heterocycles. The number of carbonyl (C=O) groups is 2. The normalized spacial score (nSPS) is 14.2. The number of H-pyrrole nitrogens is 1. The number of alkyl carbamates (subject to hydrolysis) is 1. The Balaban J connectivity index is 1.34. The number of carbonyl (C=O) groups excluding carboxylic acids is 2. The van der Waals surface area contributed by atoms with Crippen molar-refractivity contribution in [3.05, 3.63) is 77.1 Å². The van der Waals surface area contributed by atoms with Crippen LogP contribution in [0.25, 0.3) is 11.1 Å². The number of amides is 1. The summed E-state index contributed by atoms with van der Waals surface area (Å²) in [5, 5.41) is 29.1. The van der Waals surface area contributed by atoms with Gasteiger partial charge in [-0.3, -0.25) is 5.10 Å². The van der Waals surface area contributed by atoms with Crippen LogP contribution in [-0.4, -0.2) is 58.8 Å². The van der Waals surface area contributed by atoms with Crippen molar-refractivity contribution >= 4 is 12.1 Å². The number of aliphatic hydroxyl groups is 2. The number of nitrogens with one attached hydrogen (secondary N) is 2. The molecule has 2 atom stereocenters. The van der Waals surface area contributed by atoms with E-state index in [0.717, 1.165) is 22.3 Å². The Kier molecular flexibility index (Phi) is 6.20. The fourth-order valence-corrected chi connectivity index (χ4v) is 3.94. The van der Waals surface area contributed by atoms with Gasteiger partial charge < -0.3 is 25.0 Å². The van der Waals surface area contributed by atoms with Crippen molar-refractivity contribution in [1.29, 1.82) is 0 Å². The Hall–Kier alpha value is -3.69. The van der Waals surface area contributed by atoms with Gasteiger partial charge in [-0.25, -0.2) is 9.59 Å². The van der Waals surface area contributed by atoms with Gasteiger partial charge >= 0.3 is 12.1 Å². The van der Waals surface area contributed by atoms with Gasteiger partial charge in [-0.15, -0.1) is 0 Å². The predicted molar refractivity (Wildman–Crippen MR) is 114 cm³/mol. The zero-order valence-corrected chi connectivity index (χ0v) is 17.3. The van der Waals surface area contributed by atoms with E-state index in [9.17, 15) is 19.8 Å². The van der Waals surface area contributed by atoms with E-state index in [1.807, 2.05) is 48.5 Å². The van der Waals surface area contributed by atoms with E-state index in [4.69, 9.17) is 4.74 Å². The van der Waals surface area contributed by atoms with Crippen LogP contribution in [0.3, 0.4) is 0 Å². The molecule has 2 aromatic carbocycles. The van der Waals surface area contributed by atoms with Crippen molar-refractivity contribution < 1.29 is 29.3 Å². The molecule has 3 aromatic rings. The fourth-order valence-electron chi connectivity index (χ4n) is 3.94. The molecule has 9 nitrogen and oxygen atoms in total. The van der Waals surface area contributed by atoms with E-state index in [-0.39, 0.29) is 30.3 Å². The first-order valence-electron chi connectivity index (χ1n) is 10.1. The molecule has 0 bridgehead atoms. The smallest absolute Gasteiger partial charge is 0.407 e. The number of methoxy groups -OCH3 is 1. The number of benzene rings is 2. The number of rotatable bonds is 7. The number of aromatic amines is 1. The van der Waals surface area contributed by atoms with Crippen molar-refractivity contribution in [3.63, 3.8) is 0 Å². The summed E-state index contributed by atoms with van der Waals surface area (Å²) in [7, 11) is 1.19. The second-order valence-corrected chi connectivity index (χ2v) is 7.41. The molecule has 1 heterocycles. The van der Waals surface area contributed by atoms with Crippen molar-refractivity contribution in [2.75, 3.05) is 20.3 Å². The molecule has 1 aliphatic carbocycles. The summed E-state index contributed by atoms with van der Waals surface area (Å²) >= 11 is 0. The van der Waals surface area contributed by atoms with Gasteiger partial charge in [-0.05, 0) is 22.3 Å². The number of aromatic nitrogens is 2. The average molecular weight is 437 g/mol. The van der Waals surface area contributed by atoms with Crippen LogP contribution in [0, 0.1) is 0 Å². The number of ether oxygens (including phenoxy) is 2. The maximum absolute atomic E-state index is 12.2. The minimum absolute atomic E-state index is 0.0682. The van der Waals surface area contributed by atoms with Gasteiger partial charge in [0.1, 0.15) is 24.5 Å². The Morgan fingerprint density at radius 3 is 2.34 bits per heavy atom. The highest BCUT2D eigenvalue weighted by atomic mass is 16.5. The quantitative estimate of drug-likeness (QED) is 0.416. The van der Waals surface area contributed by atoms with Gasteiger partial charge in [0.2, 0.25) is 0 Å². The van der Waals surface area contributed by atoms with Crippen molar-refractivity contribution in [3.8, 4) is 11.1 Å². The van der Waals surface area contributed by atoms with Gasteiger partial charge in [0.15, 0.2) is 0 Å². The fraction of sp³-hybridized carbons (Fsp3) is 0.261. The van der Waals surface area contributed by atoms with Gasteiger partial charge in [-0.1, -0.05) is 48.5 Å². The molecule has 1 aliphatic rings. The first-order valence-corrected chi connectivity index (χ1v) is 10.1. The molecular weight excluding hydrogens is 414 g/mol. The van der Waals surface area contributed by atoms with Gasteiger partial charge in [-0.2, -0.15) is 5.10 Å². The maximum atomic E-state index is 12.2. The standard InChI is InChI=1S/C23H23N3O6/c1-31-22(29)20-17(10-25-26-20)21(28)19(27)11-24-23(30)32-12-18-15-8-4-2-6-13(15)14-7-3-5-9-16(14)18/h2-10,18-19,21,27-28H,11-12H2,1H3,(H,24,30)(H,25,26). The number of esters is 1. The second kappa shape index (κ2) is 9.21. The van der Waals surface area contributed by atoms with Crippen LogP contribution in [0.1, 0.15) is 39.2 Å². The van der Waals surface area contributed by atoms with E-state index in [1.54, 1.807) is 0 Å². The molecule has 0 fully saturated rings. The lowest BCUT2D eigenvalue weighted by molar-refractivity contribution is 0.0172. The van der Waals surface area contributed by atoms with Crippen LogP contribution < -0.4 is 5.32 Å². The first kappa shape index (κ1) is 21.5. The van der Waals surface area contributed by atoms with Crippen LogP contribution in [0.5, 0.6) is 0 Å². The molecule has 0 saturated carbocycles. The van der Waals surface area contributed by atoms with Crippen LogP contribution >= 0.6 is 0 Å². The third-order valence-electron chi connectivity index (χ3n) is 5.54. The Labute approximate surface area is 184 Å². The molecule has 32 heavy (non-hydrogen) atoms. The Morgan fingerprint density at radius 1 is 1.09 bits per heavy atom. The van der Waals surface area contributed by atoms with E-state index < -0.39 is 24.3 Å². The Bertz CT molecular complexity index is 1080. The topological polar surface area (TPSA) is 134 Å². The van der Waals surface area contributed by atoms with Crippen LogP contribution in [0.2, 0.25) is 0 Å². The lowest BCUT2D eigenvalue weighted by atomic mass is 9.98. The highest BCUT2D eigenvalue weighted by molar-refractivity contribution is 5.88.